The molecule has 0 radical (unpaired) electrons. The van der Waals surface area contributed by atoms with Crippen LogP contribution in [0, 0.1) is 10.8 Å². The molecule has 0 saturated carbocycles. The van der Waals surface area contributed by atoms with Crippen LogP contribution in [0.3, 0.4) is 0 Å². The Bertz CT molecular complexity index is 99.8. The van der Waals surface area contributed by atoms with Gasteiger partial charge in [0.05, 0.1) is 0 Å². The highest BCUT2D eigenvalue weighted by Gasteiger charge is 1.79. The molecule has 0 atom stereocenters. The quantitative estimate of drug-likeness (QED) is 0.388. The van der Waals surface area contributed by atoms with Crippen LogP contribution in [0.25, 0.3) is 0 Å². The van der Waals surface area contributed by atoms with E-state index in [1.165, 1.54) is 0 Å². The Balaban J connectivity index is -0.000000101. The summed E-state index contributed by atoms with van der Waals surface area (Å²) in [4.78, 5) is 18.0. The van der Waals surface area contributed by atoms with Gasteiger partial charge in [0.25, 0.3) is 22.7 Å². The van der Waals surface area contributed by atoms with Crippen LogP contribution < -0.4 is 9.32 Å². The molecule has 0 bridgehead atoms. The summed E-state index contributed by atoms with van der Waals surface area (Å²) in [5.41, 5.74) is 0. The van der Waals surface area contributed by atoms with E-state index in [4.69, 9.17) is 33.8 Å². The first-order valence-electron chi connectivity index (χ1n) is 2.33. The molecule has 0 amide bonds. The largest absolute Gasteiger partial charge is 0.481 e. The second-order valence-corrected chi connectivity index (χ2v) is 1.64. The molecule has 7 nitrogen and oxygen atoms in total. The SMILES string of the molecule is CC(=O)O.CC(=O)O.[O-][Cl+2]([O-])O. The molecule has 0 fully saturated rings. The molecule has 0 unspecified atom stereocenters. The first kappa shape index (κ1) is 17.3. The first-order chi connectivity index (χ1) is 5.20. The van der Waals surface area contributed by atoms with Crippen molar-refractivity contribution in [2.75, 3.05) is 0 Å². The Morgan fingerprint density at radius 1 is 1.08 bits per heavy atom. The van der Waals surface area contributed by atoms with E-state index in [1.54, 1.807) is 0 Å². The number of hydrogen-bond acceptors (Lipinski definition) is 5. The highest BCUT2D eigenvalue weighted by atomic mass is 35.6. The zero-order valence-corrected chi connectivity index (χ0v) is 7.11. The topological polar surface area (TPSA) is 141 Å². The maximum Gasteiger partial charge on any atom is 0.300 e. The number of carboxylic acids is 2. The van der Waals surface area contributed by atoms with Gasteiger partial charge in [-0.3, -0.25) is 9.59 Å². The lowest BCUT2D eigenvalue weighted by molar-refractivity contribution is -1.63. The molecule has 0 aromatic heterocycles. The monoisotopic (exact) mass is 204 g/mol. The van der Waals surface area contributed by atoms with Crippen LogP contribution in [0.1, 0.15) is 13.8 Å². The highest BCUT2D eigenvalue weighted by Crippen LogP contribution is 1.42. The van der Waals surface area contributed by atoms with Gasteiger partial charge in [0.2, 0.25) is 0 Å². The lowest BCUT2D eigenvalue weighted by atomic mass is 10.9. The van der Waals surface area contributed by atoms with Crippen molar-refractivity contribution in [3.05, 3.63) is 0 Å². The predicted molar refractivity (Wildman–Crippen MR) is 28.8 cm³/mol. The van der Waals surface area contributed by atoms with Gasteiger partial charge in [-0.25, -0.2) is 0 Å². The van der Waals surface area contributed by atoms with E-state index in [0.717, 1.165) is 13.8 Å². The molecule has 12 heavy (non-hydrogen) atoms. The molecule has 0 saturated heterocycles. The lowest BCUT2D eigenvalue weighted by Gasteiger charge is -1.72. The number of halogens is 1. The van der Waals surface area contributed by atoms with Crippen LogP contribution >= 0.6 is 0 Å². The molecule has 0 rings (SSSR count). The standard InChI is InChI=1S/2C2H4O2.ClHO3/c2*1-2(3)4;2-1(3)4/h2*1H3,(H,3,4);2H. The Hall–Kier alpha value is -0.890. The van der Waals surface area contributed by atoms with Crippen LogP contribution in [0.5, 0.6) is 0 Å². The molecule has 3 N–H and O–H groups in total. The zero-order valence-electron chi connectivity index (χ0n) is 6.35. The van der Waals surface area contributed by atoms with E-state index >= 15 is 0 Å². The minimum Gasteiger partial charge on any atom is -0.481 e. The smallest absolute Gasteiger partial charge is 0.300 e. The maximum atomic E-state index is 9.00. The van der Waals surface area contributed by atoms with Gasteiger partial charge in [-0.15, -0.1) is 0 Å². The van der Waals surface area contributed by atoms with Crippen LogP contribution in [-0.2, 0) is 9.59 Å². The average Bonchev–Trinajstić information content (AvgIpc) is 1.54. The number of carbonyl (C=O) groups is 2. The van der Waals surface area contributed by atoms with Crippen molar-refractivity contribution in [3.8, 4) is 0 Å². The Morgan fingerprint density at radius 2 is 1.08 bits per heavy atom. The van der Waals surface area contributed by atoms with Gasteiger partial charge >= 0.3 is 0 Å². The summed E-state index contributed by atoms with van der Waals surface area (Å²) in [6.07, 6.45) is 0. The van der Waals surface area contributed by atoms with E-state index < -0.39 is 22.7 Å². The third kappa shape index (κ3) is 756. The van der Waals surface area contributed by atoms with Crippen LogP contribution in [0.2, 0.25) is 0 Å². The van der Waals surface area contributed by atoms with Gasteiger partial charge in [-0.05, 0) is 0 Å². The second kappa shape index (κ2) is 12.8. The summed E-state index contributed by atoms with van der Waals surface area (Å²) in [6.45, 7) is 2.17. The summed E-state index contributed by atoms with van der Waals surface area (Å²) in [5, 5.41) is 14.8. The number of aliphatic carboxylic acids is 2. The predicted octanol–water partition coefficient (Wildman–Crippen LogP) is -2.75. The molecule has 0 heterocycles. The summed E-state index contributed by atoms with van der Waals surface area (Å²) in [7, 11) is -2.60. The zero-order chi connectivity index (χ0) is 10.7. The van der Waals surface area contributed by atoms with Gasteiger partial charge < -0.3 is 19.5 Å². The Labute approximate surface area is 71.3 Å². The maximum absolute atomic E-state index is 9.00. The van der Waals surface area contributed by atoms with Crippen molar-refractivity contribution in [1.29, 1.82) is 0 Å². The molecule has 0 spiro atoms. The van der Waals surface area contributed by atoms with Gasteiger partial charge in [-0.1, -0.05) is 0 Å². The van der Waals surface area contributed by atoms with Crippen LogP contribution in [-0.4, -0.2) is 26.8 Å². The fourth-order valence-corrected chi connectivity index (χ4v) is 0. The molecule has 0 aliphatic heterocycles. The first-order valence-corrected chi connectivity index (χ1v) is 3.29. The van der Waals surface area contributed by atoms with Crippen molar-refractivity contribution >= 4 is 11.9 Å². The molecule has 8 heteroatoms. The third-order valence-electron chi connectivity index (χ3n) is 0. The summed E-state index contributed by atoms with van der Waals surface area (Å²) < 4.78 is 24.0. The van der Waals surface area contributed by atoms with E-state index in [-0.39, 0.29) is 0 Å². The highest BCUT2D eigenvalue weighted by molar-refractivity contribution is 5.63. The van der Waals surface area contributed by atoms with Crippen molar-refractivity contribution in [1.82, 2.24) is 0 Å². The van der Waals surface area contributed by atoms with Gasteiger partial charge in [-0.2, -0.15) is 0 Å². The fourth-order valence-electron chi connectivity index (χ4n) is 0. The number of hydrogen-bond donors (Lipinski definition) is 3. The fraction of sp³-hybridized carbons (Fsp3) is 0.500. The third-order valence-corrected chi connectivity index (χ3v) is 0. The minimum absolute atomic E-state index is 0.833. The van der Waals surface area contributed by atoms with Gasteiger partial charge in [0, 0.05) is 18.5 Å². The summed E-state index contributed by atoms with van der Waals surface area (Å²) >= 11 is 0. The molecule has 0 aromatic carbocycles. The number of carboxylic acid groups (broad SMARTS) is 2. The second-order valence-electron chi connectivity index (χ2n) is 1.24. The molecule has 0 aliphatic rings. The van der Waals surface area contributed by atoms with E-state index in [2.05, 4.69) is 0 Å². The molecular weight excluding hydrogens is 195 g/mol. The molecule has 0 aliphatic carbocycles. The molecule has 0 aromatic rings. The van der Waals surface area contributed by atoms with Crippen molar-refractivity contribution in [3.63, 3.8) is 0 Å². The van der Waals surface area contributed by atoms with Crippen LogP contribution in [0.15, 0.2) is 0 Å². The van der Waals surface area contributed by atoms with Crippen molar-refractivity contribution in [2.24, 2.45) is 0 Å². The van der Waals surface area contributed by atoms with Crippen molar-refractivity contribution in [2.45, 2.75) is 13.8 Å². The lowest BCUT2D eigenvalue weighted by Crippen LogP contribution is -2.30. The van der Waals surface area contributed by atoms with Gasteiger partial charge in [0.15, 0.2) is 0 Å². The normalized spacial score (nSPS) is 7.17. The number of rotatable bonds is 0. The van der Waals surface area contributed by atoms with E-state index in [9.17, 15) is 0 Å². The van der Waals surface area contributed by atoms with Gasteiger partial charge in [0.1, 0.15) is 0 Å². The van der Waals surface area contributed by atoms with Crippen LogP contribution in [0.4, 0.5) is 0 Å². The average molecular weight is 205 g/mol. The Morgan fingerprint density at radius 3 is 1.08 bits per heavy atom. The Kier molecular flexibility index (Phi) is 18.4. The summed E-state index contributed by atoms with van der Waals surface area (Å²) in [5.74, 6) is -1.67. The minimum atomic E-state index is -2.60. The molecule has 74 valence electrons. The van der Waals surface area contributed by atoms with E-state index in [0.29, 0.717) is 0 Å². The van der Waals surface area contributed by atoms with Crippen molar-refractivity contribution < 1.29 is 44.6 Å². The van der Waals surface area contributed by atoms with E-state index in [1.807, 2.05) is 0 Å². The molecular formula is C4H9ClO7. The summed E-state index contributed by atoms with van der Waals surface area (Å²) in [6, 6.07) is 0.